The van der Waals surface area contributed by atoms with E-state index in [2.05, 4.69) is 87.6 Å². The summed E-state index contributed by atoms with van der Waals surface area (Å²) in [6, 6.07) is 0. The molecule has 0 radical (unpaired) electrons. The quantitative estimate of drug-likeness (QED) is 0.0262. The normalized spacial score (nSPS) is 12.6. The molecule has 0 unspecified atom stereocenters. The van der Waals surface area contributed by atoms with Gasteiger partial charge in [-0.3, -0.25) is 14.4 Å². The minimum Gasteiger partial charge on any atom is -0.462 e. The zero-order valence-electron chi connectivity index (χ0n) is 44.2. The van der Waals surface area contributed by atoms with E-state index < -0.39 is 6.10 Å². The van der Waals surface area contributed by atoms with E-state index in [0.717, 1.165) is 77.0 Å². The molecular formula is C61H106O6. The van der Waals surface area contributed by atoms with Crippen molar-refractivity contribution in [3.05, 3.63) is 72.9 Å². The molecule has 0 aliphatic carbocycles. The third kappa shape index (κ3) is 53.7. The molecule has 0 rings (SSSR count). The van der Waals surface area contributed by atoms with Crippen LogP contribution in [-0.4, -0.2) is 37.2 Å². The molecule has 0 saturated heterocycles. The van der Waals surface area contributed by atoms with Crippen LogP contribution in [0.3, 0.4) is 0 Å². The summed E-state index contributed by atoms with van der Waals surface area (Å²) in [5, 5.41) is 0. The molecular weight excluding hydrogens is 829 g/mol. The fourth-order valence-corrected chi connectivity index (χ4v) is 7.89. The van der Waals surface area contributed by atoms with Gasteiger partial charge in [0.15, 0.2) is 6.10 Å². The first-order chi connectivity index (χ1) is 33.0. The van der Waals surface area contributed by atoms with Crippen molar-refractivity contribution in [2.45, 2.75) is 284 Å². The predicted octanol–water partition coefficient (Wildman–Crippen LogP) is 19.0. The molecule has 6 heteroatoms. The van der Waals surface area contributed by atoms with E-state index in [1.54, 1.807) is 0 Å². The van der Waals surface area contributed by atoms with Crippen molar-refractivity contribution in [1.82, 2.24) is 0 Å². The second kappa shape index (κ2) is 55.4. The lowest BCUT2D eigenvalue weighted by Crippen LogP contribution is -2.30. The van der Waals surface area contributed by atoms with Gasteiger partial charge in [-0.1, -0.05) is 248 Å². The molecule has 0 aromatic rings. The monoisotopic (exact) mass is 935 g/mol. The Kier molecular flexibility index (Phi) is 52.8. The maximum Gasteiger partial charge on any atom is 0.306 e. The minimum atomic E-state index is -0.808. The Labute approximate surface area is 414 Å². The highest BCUT2D eigenvalue weighted by molar-refractivity contribution is 5.71. The summed E-state index contributed by atoms with van der Waals surface area (Å²) < 4.78 is 16.8. The summed E-state index contributed by atoms with van der Waals surface area (Å²) in [4.78, 5) is 38.1. The maximum absolute atomic E-state index is 12.8. The van der Waals surface area contributed by atoms with E-state index in [1.165, 1.54) is 154 Å². The number of rotatable bonds is 51. The molecule has 0 aliphatic rings. The lowest BCUT2D eigenvalue weighted by atomic mass is 10.0. The zero-order chi connectivity index (χ0) is 48.6. The van der Waals surface area contributed by atoms with E-state index in [9.17, 15) is 14.4 Å². The van der Waals surface area contributed by atoms with Crippen molar-refractivity contribution in [2.24, 2.45) is 0 Å². The summed E-state index contributed by atoms with van der Waals surface area (Å²) >= 11 is 0. The van der Waals surface area contributed by atoms with Gasteiger partial charge in [0.05, 0.1) is 0 Å². The summed E-state index contributed by atoms with van der Waals surface area (Å²) in [5.41, 5.74) is 0. The third-order valence-corrected chi connectivity index (χ3v) is 12.2. The van der Waals surface area contributed by atoms with E-state index in [0.29, 0.717) is 19.3 Å². The van der Waals surface area contributed by atoms with Gasteiger partial charge in [-0.25, -0.2) is 0 Å². The number of ether oxygens (including phenoxy) is 3. The highest BCUT2D eigenvalue weighted by atomic mass is 16.6. The minimum absolute atomic E-state index is 0.0993. The molecule has 0 bridgehead atoms. The number of carbonyl (C=O) groups is 3. The lowest BCUT2D eigenvalue weighted by molar-refractivity contribution is -0.166. The molecule has 0 saturated carbocycles. The van der Waals surface area contributed by atoms with Gasteiger partial charge >= 0.3 is 17.9 Å². The average Bonchev–Trinajstić information content (AvgIpc) is 3.33. The fourth-order valence-electron chi connectivity index (χ4n) is 7.89. The second-order valence-corrected chi connectivity index (χ2v) is 18.8. The SMILES string of the molecule is CCCCC/C=C\C/C=C\C/C=C\C/C=C\C/C=C\CCC(=O)OC[C@H](COC(=O)CCCCCCCCCCCCCCCCCCC)OC(=O)CCCCCCC/C=C\CCCCCC. The van der Waals surface area contributed by atoms with E-state index in [-0.39, 0.29) is 37.5 Å². The molecule has 0 aromatic heterocycles. The largest absolute Gasteiger partial charge is 0.462 e. The van der Waals surface area contributed by atoms with Crippen LogP contribution in [0.1, 0.15) is 278 Å². The Balaban J connectivity index is 4.46. The van der Waals surface area contributed by atoms with Crippen molar-refractivity contribution in [3.63, 3.8) is 0 Å². The third-order valence-electron chi connectivity index (χ3n) is 12.2. The maximum atomic E-state index is 12.8. The van der Waals surface area contributed by atoms with E-state index >= 15 is 0 Å². The number of unbranched alkanes of at least 4 members (excludes halogenated alkanes) is 28. The van der Waals surface area contributed by atoms with Gasteiger partial charge in [-0.05, 0) is 83.5 Å². The highest BCUT2D eigenvalue weighted by Crippen LogP contribution is 2.16. The van der Waals surface area contributed by atoms with Crippen LogP contribution in [0.2, 0.25) is 0 Å². The number of hydrogen-bond acceptors (Lipinski definition) is 6. The van der Waals surface area contributed by atoms with Crippen molar-refractivity contribution in [1.29, 1.82) is 0 Å². The smallest absolute Gasteiger partial charge is 0.306 e. The van der Waals surface area contributed by atoms with Crippen LogP contribution < -0.4 is 0 Å². The van der Waals surface area contributed by atoms with Crippen LogP contribution in [0, 0.1) is 0 Å². The number of allylic oxidation sites excluding steroid dienone is 12. The first-order valence-electron chi connectivity index (χ1n) is 28.4. The van der Waals surface area contributed by atoms with Crippen LogP contribution in [-0.2, 0) is 28.6 Å². The first kappa shape index (κ1) is 63.8. The van der Waals surface area contributed by atoms with E-state index in [1.807, 2.05) is 6.08 Å². The zero-order valence-corrected chi connectivity index (χ0v) is 44.2. The summed E-state index contributed by atoms with van der Waals surface area (Å²) in [7, 11) is 0. The topological polar surface area (TPSA) is 78.9 Å². The van der Waals surface area contributed by atoms with Gasteiger partial charge in [-0.15, -0.1) is 0 Å². The van der Waals surface area contributed by atoms with Gasteiger partial charge in [0.1, 0.15) is 13.2 Å². The molecule has 0 N–H and O–H groups in total. The Morgan fingerprint density at radius 2 is 0.567 bits per heavy atom. The van der Waals surface area contributed by atoms with Gasteiger partial charge in [-0.2, -0.15) is 0 Å². The molecule has 0 heterocycles. The fraction of sp³-hybridized carbons (Fsp3) is 0.754. The Bertz CT molecular complexity index is 1260. The number of hydrogen-bond donors (Lipinski definition) is 0. The summed E-state index contributed by atoms with van der Waals surface area (Å²) in [6.07, 6.45) is 70.4. The van der Waals surface area contributed by atoms with Gasteiger partial charge in [0.2, 0.25) is 0 Å². The summed E-state index contributed by atoms with van der Waals surface area (Å²) in [6.45, 7) is 6.55. The molecule has 0 amide bonds. The summed E-state index contributed by atoms with van der Waals surface area (Å²) in [5.74, 6) is -0.986. The predicted molar refractivity (Wildman–Crippen MR) is 288 cm³/mol. The van der Waals surface area contributed by atoms with Crippen molar-refractivity contribution in [2.75, 3.05) is 13.2 Å². The molecule has 1 atom stereocenters. The molecule has 67 heavy (non-hydrogen) atoms. The van der Waals surface area contributed by atoms with Crippen LogP contribution in [0.25, 0.3) is 0 Å². The van der Waals surface area contributed by atoms with Gasteiger partial charge < -0.3 is 14.2 Å². The molecule has 386 valence electrons. The van der Waals surface area contributed by atoms with Crippen molar-refractivity contribution in [3.8, 4) is 0 Å². The Morgan fingerprint density at radius 3 is 0.985 bits per heavy atom. The van der Waals surface area contributed by atoms with Crippen LogP contribution in [0.4, 0.5) is 0 Å². The van der Waals surface area contributed by atoms with Crippen LogP contribution >= 0.6 is 0 Å². The second-order valence-electron chi connectivity index (χ2n) is 18.8. The van der Waals surface area contributed by atoms with Crippen molar-refractivity contribution < 1.29 is 28.6 Å². The number of carbonyl (C=O) groups excluding carboxylic acids is 3. The molecule has 0 fully saturated rings. The molecule has 0 aromatic carbocycles. The highest BCUT2D eigenvalue weighted by Gasteiger charge is 2.19. The molecule has 0 spiro atoms. The van der Waals surface area contributed by atoms with E-state index in [4.69, 9.17) is 14.2 Å². The average molecular weight is 936 g/mol. The molecule has 6 nitrogen and oxygen atoms in total. The van der Waals surface area contributed by atoms with Crippen LogP contribution in [0.5, 0.6) is 0 Å². The lowest BCUT2D eigenvalue weighted by Gasteiger charge is -2.18. The standard InChI is InChI=1S/C61H106O6/c1-4-7-10-13-16-19-22-25-27-29-30-32-34-37-39-42-45-48-51-54-60(63)66-57-58(67-61(64)55-52-49-46-43-40-35-24-21-18-15-12-9-6-3)56-65-59(62)53-50-47-44-41-38-36-33-31-28-26-23-20-17-14-11-8-5-2/h16,19,21,24-25,27,30,32,37,39,45,48,58H,4-15,17-18,20,22-23,26,28-29,31,33-36,38,40-44,46-47,49-57H2,1-3H3/b19-16-,24-21-,27-25-,32-30-,39-37-,48-45-/t58-/m0/s1. The van der Waals surface area contributed by atoms with Gasteiger partial charge in [0.25, 0.3) is 0 Å². The van der Waals surface area contributed by atoms with Gasteiger partial charge in [0, 0.05) is 19.3 Å². The first-order valence-corrected chi connectivity index (χ1v) is 28.4. The Hall–Kier alpha value is -3.15. The molecule has 0 aliphatic heterocycles. The van der Waals surface area contributed by atoms with Crippen molar-refractivity contribution >= 4 is 17.9 Å². The Morgan fingerprint density at radius 1 is 0.299 bits per heavy atom. The van der Waals surface area contributed by atoms with Crippen LogP contribution in [0.15, 0.2) is 72.9 Å². The number of esters is 3.